The molecule has 0 aliphatic carbocycles. The predicted octanol–water partition coefficient (Wildman–Crippen LogP) is -1.67. The molecule has 0 radical (unpaired) electrons. The van der Waals surface area contributed by atoms with Crippen LogP contribution in [0.25, 0.3) is 0 Å². The highest BCUT2D eigenvalue weighted by Crippen LogP contribution is 2.15. The molecule has 6 nitrogen and oxygen atoms in total. The monoisotopic (exact) mass is 197 g/mol. The number of carbonyl (C=O) groups is 3. The highest BCUT2D eigenvalue weighted by Gasteiger charge is 2.35. The van der Waals surface area contributed by atoms with Crippen molar-refractivity contribution >= 4 is 18.2 Å². The summed E-state index contributed by atoms with van der Waals surface area (Å²) in [5.41, 5.74) is 5.93. The van der Waals surface area contributed by atoms with Gasteiger partial charge in [-0.2, -0.15) is 0 Å². The van der Waals surface area contributed by atoms with Crippen LogP contribution in [-0.4, -0.2) is 36.2 Å². The first-order chi connectivity index (χ1) is 6.50. The molecule has 0 saturated heterocycles. The zero-order valence-corrected chi connectivity index (χ0v) is 7.90. The molecule has 3 amide bonds. The molecule has 1 heterocycles. The fraction of sp³-hybridized carbons (Fsp3) is 0.375. The number of imide groups is 1. The molecule has 1 aliphatic heterocycles. The van der Waals surface area contributed by atoms with E-state index in [0.29, 0.717) is 6.41 Å². The van der Waals surface area contributed by atoms with Crippen molar-refractivity contribution in [1.82, 2.24) is 10.2 Å². The van der Waals surface area contributed by atoms with Gasteiger partial charge in [0.05, 0.1) is 0 Å². The van der Waals surface area contributed by atoms with Crippen LogP contribution in [0, 0.1) is 0 Å². The molecule has 1 atom stereocenters. The van der Waals surface area contributed by atoms with Crippen LogP contribution in [0.15, 0.2) is 11.3 Å². The van der Waals surface area contributed by atoms with E-state index in [-0.39, 0.29) is 11.3 Å². The molecule has 0 aromatic heterocycles. The first-order valence-electron chi connectivity index (χ1n) is 3.98. The molecule has 0 bridgehead atoms. The Morgan fingerprint density at radius 2 is 2.07 bits per heavy atom. The Morgan fingerprint density at radius 3 is 2.57 bits per heavy atom. The van der Waals surface area contributed by atoms with Crippen molar-refractivity contribution in [1.29, 1.82) is 0 Å². The molecule has 14 heavy (non-hydrogen) atoms. The van der Waals surface area contributed by atoms with Crippen molar-refractivity contribution in [2.75, 3.05) is 7.05 Å². The Kier molecular flexibility index (Phi) is 2.55. The van der Waals surface area contributed by atoms with Gasteiger partial charge in [0, 0.05) is 18.3 Å². The van der Waals surface area contributed by atoms with Crippen LogP contribution in [0.4, 0.5) is 0 Å². The van der Waals surface area contributed by atoms with Gasteiger partial charge < -0.3 is 11.1 Å². The van der Waals surface area contributed by atoms with Gasteiger partial charge in [-0.25, -0.2) is 0 Å². The number of nitrogens with zero attached hydrogens (tertiary/aromatic N) is 1. The smallest absolute Gasteiger partial charge is 0.257 e. The standard InChI is InChI=1S/C8H11N3O3/c1-4-5(9)6(10-3-12)8(14)11(2)7(4)13/h3,6H,9H2,1-2H3,(H,10,12). The zero-order valence-electron chi connectivity index (χ0n) is 7.90. The number of nitrogens with two attached hydrogens (primary N) is 1. The van der Waals surface area contributed by atoms with Crippen molar-refractivity contribution in [3.63, 3.8) is 0 Å². The molecule has 6 heteroatoms. The fourth-order valence-electron chi connectivity index (χ4n) is 1.25. The molecular weight excluding hydrogens is 186 g/mol. The molecule has 0 spiro atoms. The number of likely N-dealkylation sites (N-methyl/N-ethyl adjacent to an activating group) is 1. The largest absolute Gasteiger partial charge is 0.400 e. The van der Waals surface area contributed by atoms with Gasteiger partial charge >= 0.3 is 0 Å². The van der Waals surface area contributed by atoms with E-state index < -0.39 is 17.9 Å². The summed E-state index contributed by atoms with van der Waals surface area (Å²) in [7, 11) is 1.35. The summed E-state index contributed by atoms with van der Waals surface area (Å²) in [5.74, 6) is -0.957. The highest BCUT2D eigenvalue weighted by atomic mass is 16.2. The van der Waals surface area contributed by atoms with E-state index in [0.717, 1.165) is 4.90 Å². The van der Waals surface area contributed by atoms with Crippen molar-refractivity contribution in [2.45, 2.75) is 13.0 Å². The van der Waals surface area contributed by atoms with Gasteiger partial charge in [-0.3, -0.25) is 19.3 Å². The number of amides is 3. The van der Waals surface area contributed by atoms with E-state index in [2.05, 4.69) is 5.32 Å². The lowest BCUT2D eigenvalue weighted by molar-refractivity contribution is -0.143. The summed E-state index contributed by atoms with van der Waals surface area (Å²) < 4.78 is 0. The Balaban J connectivity index is 3.13. The lowest BCUT2D eigenvalue weighted by Crippen LogP contribution is -2.54. The van der Waals surface area contributed by atoms with Gasteiger partial charge in [0.15, 0.2) is 0 Å². The molecule has 76 valence electrons. The van der Waals surface area contributed by atoms with Crippen molar-refractivity contribution in [3.05, 3.63) is 11.3 Å². The van der Waals surface area contributed by atoms with Crippen LogP contribution >= 0.6 is 0 Å². The summed E-state index contributed by atoms with van der Waals surface area (Å²) >= 11 is 0. The van der Waals surface area contributed by atoms with E-state index in [9.17, 15) is 14.4 Å². The maximum absolute atomic E-state index is 11.5. The fourth-order valence-corrected chi connectivity index (χ4v) is 1.25. The van der Waals surface area contributed by atoms with E-state index in [1.165, 1.54) is 14.0 Å². The lowest BCUT2D eigenvalue weighted by atomic mass is 10.0. The minimum atomic E-state index is -0.921. The Bertz CT molecular complexity index is 335. The summed E-state index contributed by atoms with van der Waals surface area (Å²) in [5, 5.41) is 2.26. The van der Waals surface area contributed by atoms with Crippen molar-refractivity contribution in [3.8, 4) is 0 Å². The Morgan fingerprint density at radius 1 is 1.50 bits per heavy atom. The predicted molar refractivity (Wildman–Crippen MR) is 47.7 cm³/mol. The second kappa shape index (κ2) is 3.49. The average molecular weight is 197 g/mol. The van der Waals surface area contributed by atoms with Crippen molar-refractivity contribution in [2.24, 2.45) is 5.73 Å². The molecule has 0 aromatic rings. The third kappa shape index (κ3) is 1.34. The first kappa shape index (κ1) is 10.2. The zero-order chi connectivity index (χ0) is 10.9. The summed E-state index contributed by atoms with van der Waals surface area (Å²) in [6, 6.07) is -0.921. The number of rotatable bonds is 2. The summed E-state index contributed by atoms with van der Waals surface area (Å²) in [6.07, 6.45) is 0.381. The van der Waals surface area contributed by atoms with Gasteiger partial charge in [-0.1, -0.05) is 0 Å². The minimum absolute atomic E-state index is 0.102. The average Bonchev–Trinajstić information content (AvgIpc) is 2.19. The van der Waals surface area contributed by atoms with Crippen molar-refractivity contribution < 1.29 is 14.4 Å². The van der Waals surface area contributed by atoms with Gasteiger partial charge in [0.2, 0.25) is 6.41 Å². The molecule has 1 aliphatic rings. The highest BCUT2D eigenvalue weighted by molar-refractivity contribution is 6.10. The van der Waals surface area contributed by atoms with Crippen LogP contribution in [0.3, 0.4) is 0 Å². The Labute approximate surface area is 80.7 Å². The summed E-state index contributed by atoms with van der Waals surface area (Å²) in [4.78, 5) is 33.9. The molecular formula is C8H11N3O3. The maximum atomic E-state index is 11.5. The van der Waals surface area contributed by atoms with E-state index >= 15 is 0 Å². The van der Waals surface area contributed by atoms with Gasteiger partial charge in [0.1, 0.15) is 6.04 Å². The molecule has 1 rings (SSSR count). The number of hydrogen-bond acceptors (Lipinski definition) is 4. The second-order valence-corrected chi connectivity index (χ2v) is 3.00. The quantitative estimate of drug-likeness (QED) is 0.409. The Hall–Kier alpha value is -1.85. The lowest BCUT2D eigenvalue weighted by Gasteiger charge is -2.28. The first-order valence-corrected chi connectivity index (χ1v) is 3.98. The van der Waals surface area contributed by atoms with Crippen LogP contribution in [0.1, 0.15) is 6.92 Å². The van der Waals surface area contributed by atoms with E-state index in [1.54, 1.807) is 0 Å². The third-order valence-corrected chi connectivity index (χ3v) is 2.18. The number of carbonyl (C=O) groups excluding carboxylic acids is 3. The number of hydrogen-bond donors (Lipinski definition) is 2. The van der Waals surface area contributed by atoms with Crippen LogP contribution in [0.2, 0.25) is 0 Å². The number of nitrogens with one attached hydrogen (secondary N) is 1. The van der Waals surface area contributed by atoms with E-state index in [1.807, 2.05) is 0 Å². The maximum Gasteiger partial charge on any atom is 0.257 e. The van der Waals surface area contributed by atoms with Crippen LogP contribution < -0.4 is 11.1 Å². The second-order valence-electron chi connectivity index (χ2n) is 3.00. The van der Waals surface area contributed by atoms with Gasteiger partial charge in [0.25, 0.3) is 11.8 Å². The van der Waals surface area contributed by atoms with Gasteiger partial charge in [-0.15, -0.1) is 0 Å². The van der Waals surface area contributed by atoms with Gasteiger partial charge in [-0.05, 0) is 6.92 Å². The molecule has 3 N–H and O–H groups in total. The topological polar surface area (TPSA) is 92.5 Å². The SMILES string of the molecule is CC1=C(N)C(NC=O)C(=O)N(C)C1=O. The molecule has 0 fully saturated rings. The van der Waals surface area contributed by atoms with Crippen LogP contribution in [-0.2, 0) is 14.4 Å². The minimum Gasteiger partial charge on any atom is -0.400 e. The summed E-state index contributed by atoms with van der Waals surface area (Å²) in [6.45, 7) is 1.51. The van der Waals surface area contributed by atoms with E-state index in [4.69, 9.17) is 5.73 Å². The molecule has 0 aromatic carbocycles. The molecule has 0 saturated carbocycles. The third-order valence-electron chi connectivity index (χ3n) is 2.18. The normalized spacial score (nSPS) is 22.7. The molecule has 1 unspecified atom stereocenters. The van der Waals surface area contributed by atoms with Crippen LogP contribution in [0.5, 0.6) is 0 Å².